The molecule has 0 radical (unpaired) electrons. The molecule has 0 aromatic heterocycles. The molecule has 1 rings (SSSR count). The molecule has 19 heavy (non-hydrogen) atoms. The van der Waals surface area contributed by atoms with E-state index in [4.69, 9.17) is 5.73 Å². The first-order valence-corrected chi connectivity index (χ1v) is 8.65. The lowest BCUT2D eigenvalue weighted by Gasteiger charge is -2.33. The van der Waals surface area contributed by atoms with E-state index < -0.39 is 27.0 Å². The summed E-state index contributed by atoms with van der Waals surface area (Å²) >= 11 is 0. The van der Waals surface area contributed by atoms with E-state index in [1.165, 1.54) is 0 Å². The topological polar surface area (TPSA) is 89.3 Å². The van der Waals surface area contributed by atoms with Gasteiger partial charge < -0.3 is 11.1 Å². The fourth-order valence-electron chi connectivity index (χ4n) is 2.33. The Morgan fingerprint density at radius 2 is 1.89 bits per heavy atom. The molecule has 1 aliphatic carbocycles. The second kappa shape index (κ2) is 6.22. The molecule has 1 saturated carbocycles. The molecule has 1 unspecified atom stereocenters. The van der Waals surface area contributed by atoms with Gasteiger partial charge in [0.05, 0.1) is 10.8 Å². The maximum atomic E-state index is 12.1. The number of sulfone groups is 1. The maximum Gasteiger partial charge on any atom is 0.235 e. The summed E-state index contributed by atoms with van der Waals surface area (Å²) in [5.41, 5.74) is 5.12. The third kappa shape index (κ3) is 4.18. The summed E-state index contributed by atoms with van der Waals surface area (Å²) in [5, 5.41) is 2.45. The van der Waals surface area contributed by atoms with Crippen LogP contribution in [0.15, 0.2) is 0 Å². The molecule has 1 atom stereocenters. The van der Waals surface area contributed by atoms with Crippen LogP contribution in [0.2, 0.25) is 0 Å². The summed E-state index contributed by atoms with van der Waals surface area (Å²) in [6.45, 7) is 6.05. The maximum absolute atomic E-state index is 12.1. The Morgan fingerprint density at radius 1 is 1.37 bits per heavy atom. The molecule has 1 fully saturated rings. The summed E-state index contributed by atoms with van der Waals surface area (Å²) in [7, 11) is -3.32. The predicted octanol–water partition coefficient (Wildman–Crippen LogP) is 0.833. The van der Waals surface area contributed by atoms with Crippen molar-refractivity contribution in [2.75, 3.05) is 12.3 Å². The normalized spacial score (nSPS) is 20.5. The Hall–Kier alpha value is -0.620. The van der Waals surface area contributed by atoms with Crippen LogP contribution < -0.4 is 11.1 Å². The summed E-state index contributed by atoms with van der Waals surface area (Å²) < 4.78 is 24.2. The molecule has 1 amide bonds. The Morgan fingerprint density at radius 3 is 2.32 bits per heavy atom. The van der Waals surface area contributed by atoms with E-state index in [-0.39, 0.29) is 11.2 Å². The van der Waals surface area contributed by atoms with Gasteiger partial charge in [-0.15, -0.1) is 0 Å². The molecule has 1 aliphatic rings. The average molecular weight is 290 g/mol. The average Bonchev–Trinajstić information content (AvgIpc) is 2.81. The third-order valence-electron chi connectivity index (χ3n) is 4.27. The van der Waals surface area contributed by atoms with Crippen LogP contribution in [0.1, 0.15) is 46.5 Å². The van der Waals surface area contributed by atoms with Crippen molar-refractivity contribution in [3.05, 3.63) is 0 Å². The van der Waals surface area contributed by atoms with E-state index in [0.29, 0.717) is 19.4 Å². The van der Waals surface area contributed by atoms with Gasteiger partial charge in [-0.3, -0.25) is 4.79 Å². The van der Waals surface area contributed by atoms with Crippen molar-refractivity contribution in [3.63, 3.8) is 0 Å². The van der Waals surface area contributed by atoms with Gasteiger partial charge in [0.1, 0.15) is 5.75 Å². The summed E-state index contributed by atoms with van der Waals surface area (Å²) in [5.74, 6) is -0.704. The van der Waals surface area contributed by atoms with E-state index in [1.807, 2.05) is 20.8 Å². The molecule has 0 aliphatic heterocycles. The minimum absolute atomic E-state index is 0.149. The molecule has 5 nitrogen and oxygen atoms in total. The molecular weight excluding hydrogens is 264 g/mol. The second-order valence-electron chi connectivity index (χ2n) is 6.04. The van der Waals surface area contributed by atoms with Crippen LogP contribution in [-0.4, -0.2) is 37.4 Å². The van der Waals surface area contributed by atoms with E-state index in [9.17, 15) is 13.2 Å². The van der Waals surface area contributed by atoms with Crippen LogP contribution in [0, 0.1) is 5.92 Å². The SMILES string of the molecule is CC(C)C(C)(CN)NC(=O)CS(=O)(=O)C1CCCC1. The van der Waals surface area contributed by atoms with Crippen LogP contribution in [0.4, 0.5) is 0 Å². The van der Waals surface area contributed by atoms with Crippen LogP contribution in [0.5, 0.6) is 0 Å². The van der Waals surface area contributed by atoms with Crippen molar-refractivity contribution >= 4 is 15.7 Å². The Labute approximate surface area is 116 Å². The van der Waals surface area contributed by atoms with Crippen molar-refractivity contribution in [2.24, 2.45) is 11.7 Å². The number of carbonyl (C=O) groups excluding carboxylic acids is 1. The highest BCUT2D eigenvalue weighted by atomic mass is 32.2. The number of hydrogen-bond donors (Lipinski definition) is 2. The fraction of sp³-hybridized carbons (Fsp3) is 0.923. The standard InChI is InChI=1S/C13H26N2O3S/c1-10(2)13(3,9-14)15-12(16)8-19(17,18)11-6-4-5-7-11/h10-11H,4-9,14H2,1-3H3,(H,15,16). The highest BCUT2D eigenvalue weighted by Gasteiger charge is 2.34. The fourth-order valence-corrected chi connectivity index (χ4v) is 4.06. The Balaban J connectivity index is 2.64. The van der Waals surface area contributed by atoms with E-state index in [2.05, 4.69) is 5.32 Å². The number of nitrogens with one attached hydrogen (secondary N) is 1. The van der Waals surface area contributed by atoms with Gasteiger partial charge >= 0.3 is 0 Å². The first kappa shape index (κ1) is 16.4. The van der Waals surface area contributed by atoms with Crippen LogP contribution in [-0.2, 0) is 14.6 Å². The minimum atomic E-state index is -3.32. The molecule has 0 aromatic carbocycles. The third-order valence-corrected chi connectivity index (χ3v) is 6.42. The number of hydrogen-bond acceptors (Lipinski definition) is 4. The zero-order valence-corrected chi connectivity index (χ0v) is 12.9. The second-order valence-corrected chi connectivity index (χ2v) is 8.32. The highest BCUT2D eigenvalue weighted by Crippen LogP contribution is 2.25. The molecule has 6 heteroatoms. The first-order chi connectivity index (χ1) is 8.71. The summed E-state index contributed by atoms with van der Waals surface area (Å²) in [4.78, 5) is 11.9. The molecule has 0 aromatic rings. The molecular formula is C13H26N2O3S. The van der Waals surface area contributed by atoms with Crippen LogP contribution >= 0.6 is 0 Å². The Bertz CT molecular complexity index is 414. The van der Waals surface area contributed by atoms with E-state index in [0.717, 1.165) is 12.8 Å². The molecule has 112 valence electrons. The highest BCUT2D eigenvalue weighted by molar-refractivity contribution is 7.92. The molecule has 0 bridgehead atoms. The zero-order chi connectivity index (χ0) is 14.7. The Kier molecular flexibility index (Phi) is 5.38. The lowest BCUT2D eigenvalue weighted by atomic mass is 9.88. The number of nitrogens with two attached hydrogens (primary N) is 1. The van der Waals surface area contributed by atoms with Crippen LogP contribution in [0.3, 0.4) is 0 Å². The van der Waals surface area contributed by atoms with Crippen LogP contribution in [0.25, 0.3) is 0 Å². The van der Waals surface area contributed by atoms with Gasteiger partial charge in [-0.05, 0) is 25.7 Å². The van der Waals surface area contributed by atoms with E-state index in [1.54, 1.807) is 0 Å². The quantitative estimate of drug-likeness (QED) is 0.758. The molecule has 0 saturated heterocycles. The van der Waals surface area contributed by atoms with Gasteiger partial charge in [0.25, 0.3) is 0 Å². The predicted molar refractivity (Wildman–Crippen MR) is 76.5 cm³/mol. The van der Waals surface area contributed by atoms with Gasteiger partial charge in [-0.25, -0.2) is 8.42 Å². The zero-order valence-electron chi connectivity index (χ0n) is 12.1. The number of carbonyl (C=O) groups is 1. The lowest BCUT2D eigenvalue weighted by Crippen LogP contribution is -2.56. The van der Waals surface area contributed by atoms with Gasteiger partial charge in [0, 0.05) is 6.54 Å². The monoisotopic (exact) mass is 290 g/mol. The summed E-state index contributed by atoms with van der Waals surface area (Å²) in [6, 6.07) is 0. The van der Waals surface area contributed by atoms with Crippen molar-refractivity contribution in [2.45, 2.75) is 57.2 Å². The molecule has 0 heterocycles. The number of rotatable bonds is 6. The lowest BCUT2D eigenvalue weighted by molar-refractivity contribution is -0.120. The van der Waals surface area contributed by atoms with Crippen molar-refractivity contribution in [3.8, 4) is 0 Å². The van der Waals surface area contributed by atoms with E-state index >= 15 is 0 Å². The molecule has 3 N–H and O–H groups in total. The van der Waals surface area contributed by atoms with Gasteiger partial charge in [0.2, 0.25) is 5.91 Å². The van der Waals surface area contributed by atoms with Crippen molar-refractivity contribution in [1.82, 2.24) is 5.32 Å². The van der Waals surface area contributed by atoms with Crippen molar-refractivity contribution < 1.29 is 13.2 Å². The largest absolute Gasteiger partial charge is 0.349 e. The first-order valence-electron chi connectivity index (χ1n) is 6.94. The number of amides is 1. The van der Waals surface area contributed by atoms with Gasteiger partial charge in [-0.2, -0.15) is 0 Å². The van der Waals surface area contributed by atoms with Crippen molar-refractivity contribution in [1.29, 1.82) is 0 Å². The van der Waals surface area contributed by atoms with Gasteiger partial charge in [-0.1, -0.05) is 26.7 Å². The van der Waals surface area contributed by atoms with Gasteiger partial charge in [0.15, 0.2) is 9.84 Å². The smallest absolute Gasteiger partial charge is 0.235 e. The summed E-state index contributed by atoms with van der Waals surface area (Å²) in [6.07, 6.45) is 3.26. The molecule has 0 spiro atoms. The minimum Gasteiger partial charge on any atom is -0.349 e.